The van der Waals surface area contributed by atoms with E-state index in [2.05, 4.69) is 0 Å². The van der Waals surface area contributed by atoms with E-state index >= 15 is 0 Å². The van der Waals surface area contributed by atoms with Crippen LogP contribution in [-0.2, 0) is 19.2 Å². The lowest BCUT2D eigenvalue weighted by atomic mass is 9.50. The first-order valence-electron chi connectivity index (χ1n) is 11.8. The molecule has 0 heterocycles. The summed E-state index contributed by atoms with van der Waals surface area (Å²) in [7, 11) is 4.61. The molecule has 192 valence electrons. The quantitative estimate of drug-likeness (QED) is 0.412. The Kier molecular flexibility index (Phi) is 6.21. The summed E-state index contributed by atoms with van der Waals surface area (Å²) < 4.78 is 5.42. The molecule has 6 atom stereocenters. The summed E-state index contributed by atoms with van der Waals surface area (Å²) in [5.74, 6) is -6.03. The van der Waals surface area contributed by atoms with Gasteiger partial charge in [-0.05, 0) is 45.5 Å². The predicted molar refractivity (Wildman–Crippen MR) is 130 cm³/mol. The molecule has 0 amide bonds. The number of aliphatic hydroxyl groups excluding tert-OH is 3. The van der Waals surface area contributed by atoms with Crippen LogP contribution in [0.4, 0.5) is 0 Å². The summed E-state index contributed by atoms with van der Waals surface area (Å²) in [6, 6.07) is 4.06. The first-order chi connectivity index (χ1) is 16.8. The second-order valence-electron chi connectivity index (χ2n) is 10.3. The van der Waals surface area contributed by atoms with E-state index in [0.29, 0.717) is 16.9 Å². The number of aliphatic hydroxyl groups is 3. The number of carbonyl (C=O) groups is 4. The van der Waals surface area contributed by atoms with Crippen LogP contribution in [0.25, 0.3) is 5.76 Å². The maximum Gasteiger partial charge on any atom is 0.187 e. The van der Waals surface area contributed by atoms with Gasteiger partial charge in [0.25, 0.3) is 0 Å². The zero-order chi connectivity index (χ0) is 26.9. The predicted octanol–water partition coefficient (Wildman–Crippen LogP) is 2.14. The lowest BCUT2D eigenvalue weighted by molar-refractivity contribution is -0.150. The number of Topliss-reactive ketones (excluding diaryl/α,β-unsaturated/α-hetero) is 4. The van der Waals surface area contributed by atoms with Gasteiger partial charge in [0.1, 0.15) is 28.6 Å². The normalized spacial score (nSPS) is 31.7. The smallest absolute Gasteiger partial charge is 0.187 e. The van der Waals surface area contributed by atoms with Crippen LogP contribution in [0.5, 0.6) is 5.75 Å². The highest BCUT2D eigenvalue weighted by Crippen LogP contribution is 2.59. The molecule has 0 radical (unpaired) electrons. The van der Waals surface area contributed by atoms with E-state index in [1.807, 2.05) is 6.92 Å². The standard InChI is InChI=1S/C27H31NO8/c1-11(29)10-14(30)18-24(33)21(28(4)5)20-23(32)16-12(2)13-8-7-9-15(36-6)17(13)22(31)19(16)26(35)27(20,3)25(18)34/h7-9,12,16,20-21,23,31-32,34H,10H2,1-6H3/t12-,16+,20+,21-,23-,27-/m0/s1. The Balaban J connectivity index is 2.03. The summed E-state index contributed by atoms with van der Waals surface area (Å²) in [5, 5.41) is 34.5. The molecule has 9 heteroatoms. The molecule has 1 saturated carbocycles. The van der Waals surface area contributed by atoms with Crippen molar-refractivity contribution < 1.29 is 39.2 Å². The fourth-order valence-corrected chi connectivity index (χ4v) is 6.40. The number of fused-ring (bicyclic) bond motifs is 3. The molecule has 0 aromatic heterocycles. The Bertz CT molecular complexity index is 1260. The number of nitrogens with zero attached hydrogens (tertiary/aromatic N) is 1. The molecule has 4 rings (SSSR count). The highest BCUT2D eigenvalue weighted by Gasteiger charge is 2.66. The van der Waals surface area contributed by atoms with Gasteiger partial charge in [0.05, 0.1) is 36.7 Å². The second kappa shape index (κ2) is 8.67. The van der Waals surface area contributed by atoms with Crippen molar-refractivity contribution in [1.82, 2.24) is 4.90 Å². The largest absolute Gasteiger partial charge is 0.510 e. The average Bonchev–Trinajstić information content (AvgIpc) is 2.80. The van der Waals surface area contributed by atoms with Crippen LogP contribution in [0.1, 0.15) is 44.2 Å². The number of ether oxygens (including phenoxy) is 1. The van der Waals surface area contributed by atoms with Crippen molar-refractivity contribution in [3.05, 3.63) is 46.2 Å². The number of carbonyl (C=O) groups excluding carboxylic acids is 4. The maximum atomic E-state index is 14.2. The van der Waals surface area contributed by atoms with Gasteiger partial charge >= 0.3 is 0 Å². The SMILES string of the molecule is COc1cccc2c1C(O)=C1C(=O)[C@]3(C)C(O)=C(C(=O)CC(C)=O)C(=O)[C@@H](N(C)C)[C@@H]3[C@@H](O)[C@@H]1[C@H]2C. The molecule has 3 aliphatic carbocycles. The lowest BCUT2D eigenvalue weighted by Crippen LogP contribution is -2.65. The Morgan fingerprint density at radius 3 is 2.36 bits per heavy atom. The molecule has 0 bridgehead atoms. The van der Waals surface area contributed by atoms with Gasteiger partial charge in [-0.2, -0.15) is 0 Å². The summed E-state index contributed by atoms with van der Waals surface area (Å²) in [6.07, 6.45) is -1.94. The molecular weight excluding hydrogens is 466 g/mol. The number of benzene rings is 1. The average molecular weight is 498 g/mol. The molecule has 3 N–H and O–H groups in total. The fraction of sp³-hybridized carbons (Fsp3) is 0.481. The Morgan fingerprint density at radius 2 is 1.81 bits per heavy atom. The van der Waals surface area contributed by atoms with Crippen LogP contribution in [0.15, 0.2) is 35.1 Å². The highest BCUT2D eigenvalue weighted by molar-refractivity contribution is 6.27. The third kappa shape index (κ3) is 3.29. The minimum absolute atomic E-state index is 0.0810. The van der Waals surface area contributed by atoms with Gasteiger partial charge in [-0.3, -0.25) is 24.1 Å². The Morgan fingerprint density at radius 1 is 1.17 bits per heavy atom. The van der Waals surface area contributed by atoms with Crippen molar-refractivity contribution in [3.8, 4) is 5.75 Å². The number of allylic oxidation sites excluding steroid dienone is 1. The first kappa shape index (κ1) is 25.8. The van der Waals surface area contributed by atoms with Crippen molar-refractivity contribution >= 4 is 28.9 Å². The Hall–Kier alpha value is -3.30. The molecule has 0 unspecified atom stereocenters. The van der Waals surface area contributed by atoms with Crippen molar-refractivity contribution in [1.29, 1.82) is 0 Å². The molecule has 1 fully saturated rings. The molecule has 0 aliphatic heterocycles. The third-order valence-electron chi connectivity index (χ3n) is 8.08. The molecule has 9 nitrogen and oxygen atoms in total. The van der Waals surface area contributed by atoms with Crippen LogP contribution >= 0.6 is 0 Å². The summed E-state index contributed by atoms with van der Waals surface area (Å²) in [6.45, 7) is 4.39. The number of hydrogen-bond acceptors (Lipinski definition) is 9. The number of methoxy groups -OCH3 is 1. The maximum absolute atomic E-state index is 14.2. The van der Waals surface area contributed by atoms with Crippen molar-refractivity contribution in [2.45, 2.75) is 45.3 Å². The van der Waals surface area contributed by atoms with Gasteiger partial charge in [0, 0.05) is 17.4 Å². The van der Waals surface area contributed by atoms with E-state index in [4.69, 9.17) is 4.74 Å². The zero-order valence-electron chi connectivity index (χ0n) is 21.2. The molecule has 0 saturated heterocycles. The van der Waals surface area contributed by atoms with Crippen LogP contribution in [0.2, 0.25) is 0 Å². The van der Waals surface area contributed by atoms with Crippen molar-refractivity contribution in [2.75, 3.05) is 21.2 Å². The Labute approximate surface area is 209 Å². The van der Waals surface area contributed by atoms with E-state index < -0.39 is 76.2 Å². The molecule has 3 aliphatic rings. The minimum Gasteiger partial charge on any atom is -0.510 e. The molecule has 36 heavy (non-hydrogen) atoms. The van der Waals surface area contributed by atoms with Crippen LogP contribution in [0, 0.1) is 17.3 Å². The highest BCUT2D eigenvalue weighted by atomic mass is 16.5. The van der Waals surface area contributed by atoms with Crippen molar-refractivity contribution in [3.63, 3.8) is 0 Å². The number of hydrogen-bond donors (Lipinski definition) is 3. The summed E-state index contributed by atoms with van der Waals surface area (Å²) in [4.78, 5) is 53.8. The van der Waals surface area contributed by atoms with E-state index in [0.717, 1.165) is 0 Å². The van der Waals surface area contributed by atoms with E-state index in [-0.39, 0.29) is 11.3 Å². The van der Waals surface area contributed by atoms with Crippen molar-refractivity contribution in [2.24, 2.45) is 17.3 Å². The van der Waals surface area contributed by atoms with Gasteiger partial charge in [-0.25, -0.2) is 0 Å². The fourth-order valence-electron chi connectivity index (χ4n) is 6.40. The topological polar surface area (TPSA) is 141 Å². The van der Waals surface area contributed by atoms with Crippen LogP contribution in [-0.4, -0.2) is 76.7 Å². The van der Waals surface area contributed by atoms with Crippen LogP contribution < -0.4 is 4.74 Å². The lowest BCUT2D eigenvalue weighted by Gasteiger charge is -2.55. The second-order valence-corrected chi connectivity index (χ2v) is 10.3. The van der Waals surface area contributed by atoms with E-state index in [1.165, 1.54) is 25.9 Å². The number of likely N-dealkylation sites (N-methyl/N-ethyl adjacent to an activating group) is 1. The van der Waals surface area contributed by atoms with Gasteiger partial charge in [0.15, 0.2) is 17.3 Å². The zero-order valence-corrected chi connectivity index (χ0v) is 21.2. The van der Waals surface area contributed by atoms with Gasteiger partial charge in [0.2, 0.25) is 0 Å². The summed E-state index contributed by atoms with van der Waals surface area (Å²) in [5.41, 5.74) is -1.58. The van der Waals surface area contributed by atoms with Gasteiger partial charge in [-0.1, -0.05) is 19.1 Å². The number of rotatable bonds is 5. The molecule has 1 aromatic carbocycles. The monoisotopic (exact) mass is 497 g/mol. The molecular formula is C27H31NO8. The van der Waals surface area contributed by atoms with E-state index in [1.54, 1.807) is 32.3 Å². The van der Waals surface area contributed by atoms with Gasteiger partial charge in [-0.15, -0.1) is 0 Å². The minimum atomic E-state index is -1.90. The third-order valence-corrected chi connectivity index (χ3v) is 8.08. The summed E-state index contributed by atoms with van der Waals surface area (Å²) >= 11 is 0. The molecule has 1 aromatic rings. The molecule has 0 spiro atoms. The number of ketones is 4. The van der Waals surface area contributed by atoms with Crippen LogP contribution in [0.3, 0.4) is 0 Å². The first-order valence-corrected chi connectivity index (χ1v) is 11.8. The van der Waals surface area contributed by atoms with E-state index in [9.17, 15) is 34.5 Å². The van der Waals surface area contributed by atoms with Gasteiger partial charge < -0.3 is 20.1 Å².